The third-order valence-corrected chi connectivity index (χ3v) is 0.827. The number of aliphatic hydroxyl groups excluding tert-OH is 3. The summed E-state index contributed by atoms with van der Waals surface area (Å²) < 4.78 is 4.01. The van der Waals surface area contributed by atoms with E-state index >= 15 is 0 Å². The quantitative estimate of drug-likeness (QED) is 0.304. The van der Waals surface area contributed by atoms with Crippen molar-refractivity contribution in [2.45, 2.75) is 18.7 Å². The smallest absolute Gasteiger partial charge is 0.214 e. The molecule has 0 saturated heterocycles. The Balaban J connectivity index is 3.75. The van der Waals surface area contributed by atoms with Crippen molar-refractivity contribution in [2.24, 2.45) is 0 Å². The lowest BCUT2D eigenvalue weighted by Gasteiger charge is -2.14. The Morgan fingerprint density at radius 3 is 2.00 bits per heavy atom. The maximum Gasteiger partial charge on any atom is 0.214 e. The van der Waals surface area contributed by atoms with Gasteiger partial charge in [0.25, 0.3) is 0 Å². The van der Waals surface area contributed by atoms with E-state index in [-0.39, 0.29) is 12.6 Å². The Labute approximate surface area is 62.0 Å². The number of aldehydes is 2. The Morgan fingerprint density at radius 1 is 1.09 bits per heavy atom. The van der Waals surface area contributed by atoms with Crippen LogP contribution in [0.1, 0.15) is 0 Å². The van der Waals surface area contributed by atoms with E-state index in [1.165, 1.54) is 0 Å². The maximum atomic E-state index is 9.76. The summed E-state index contributed by atoms with van der Waals surface area (Å²) in [6, 6.07) is 0. The second kappa shape index (κ2) is 4.91. The van der Waals surface area contributed by atoms with Crippen LogP contribution in [0.25, 0.3) is 0 Å². The predicted octanol–water partition coefficient (Wildman–Crippen LogP) is -2.60. The van der Waals surface area contributed by atoms with Crippen LogP contribution in [0.4, 0.5) is 0 Å². The van der Waals surface area contributed by atoms with Gasteiger partial charge in [0, 0.05) is 0 Å². The second-order valence-electron chi connectivity index (χ2n) is 1.68. The summed E-state index contributed by atoms with van der Waals surface area (Å²) in [7, 11) is 0. The molecule has 0 aromatic heterocycles. The Kier molecular flexibility index (Phi) is 4.55. The molecule has 0 rings (SSSR count). The first-order valence-corrected chi connectivity index (χ1v) is 2.72. The van der Waals surface area contributed by atoms with E-state index in [4.69, 9.17) is 15.3 Å². The van der Waals surface area contributed by atoms with Crippen LogP contribution >= 0.6 is 0 Å². The standard InChI is InChI=1S/C5H8O6/c6-1-3(8)5(10)11-4(9)2-7/h1-5,8-10H. The maximum absolute atomic E-state index is 9.76. The van der Waals surface area contributed by atoms with Gasteiger partial charge in [-0.2, -0.15) is 0 Å². The summed E-state index contributed by atoms with van der Waals surface area (Å²) in [6.07, 6.45) is -5.46. The monoisotopic (exact) mass is 164 g/mol. The van der Waals surface area contributed by atoms with Gasteiger partial charge in [0.05, 0.1) is 0 Å². The summed E-state index contributed by atoms with van der Waals surface area (Å²) in [6.45, 7) is 0. The Morgan fingerprint density at radius 2 is 1.64 bits per heavy atom. The van der Waals surface area contributed by atoms with Crippen LogP contribution in [-0.4, -0.2) is 46.6 Å². The van der Waals surface area contributed by atoms with Crippen molar-refractivity contribution in [2.75, 3.05) is 0 Å². The molecule has 64 valence electrons. The molecule has 11 heavy (non-hydrogen) atoms. The van der Waals surface area contributed by atoms with Crippen molar-refractivity contribution in [3.8, 4) is 0 Å². The van der Waals surface area contributed by atoms with Gasteiger partial charge in [-0.1, -0.05) is 0 Å². The van der Waals surface area contributed by atoms with E-state index in [9.17, 15) is 9.59 Å². The van der Waals surface area contributed by atoms with Crippen molar-refractivity contribution < 1.29 is 29.6 Å². The van der Waals surface area contributed by atoms with Gasteiger partial charge in [-0.25, -0.2) is 0 Å². The largest absolute Gasteiger partial charge is 0.380 e. The molecule has 0 fully saturated rings. The van der Waals surface area contributed by atoms with Crippen molar-refractivity contribution >= 4 is 12.6 Å². The number of ether oxygens (including phenoxy) is 1. The molecule has 0 aliphatic heterocycles. The summed E-state index contributed by atoms with van der Waals surface area (Å²) in [5.41, 5.74) is 0. The van der Waals surface area contributed by atoms with E-state index in [0.717, 1.165) is 0 Å². The Hall–Kier alpha value is -0.820. The lowest BCUT2D eigenvalue weighted by Crippen LogP contribution is -2.34. The predicted molar refractivity (Wildman–Crippen MR) is 31.2 cm³/mol. The van der Waals surface area contributed by atoms with Crippen LogP contribution < -0.4 is 0 Å². The summed E-state index contributed by atoms with van der Waals surface area (Å²) in [5, 5.41) is 25.5. The van der Waals surface area contributed by atoms with Crippen LogP contribution in [-0.2, 0) is 14.3 Å². The molecule has 0 heterocycles. The highest BCUT2D eigenvalue weighted by Crippen LogP contribution is 1.94. The van der Waals surface area contributed by atoms with Gasteiger partial charge in [0.1, 0.15) is 0 Å². The second-order valence-corrected chi connectivity index (χ2v) is 1.68. The molecule has 0 amide bonds. The molecular weight excluding hydrogens is 156 g/mol. The average molecular weight is 164 g/mol. The normalized spacial score (nSPS) is 18.5. The lowest BCUT2D eigenvalue weighted by atomic mass is 10.4. The van der Waals surface area contributed by atoms with Crippen molar-refractivity contribution in [1.82, 2.24) is 0 Å². The minimum atomic E-state index is -1.88. The SMILES string of the molecule is O=CC(O)OC(O)C(O)C=O. The molecule has 3 N–H and O–H groups in total. The third-order valence-electron chi connectivity index (χ3n) is 0.827. The van der Waals surface area contributed by atoms with Gasteiger partial charge >= 0.3 is 0 Å². The van der Waals surface area contributed by atoms with Crippen molar-refractivity contribution in [3.63, 3.8) is 0 Å². The molecular formula is C5H8O6. The highest BCUT2D eigenvalue weighted by atomic mass is 16.7. The molecule has 0 radical (unpaired) electrons. The molecule has 0 aromatic carbocycles. The molecule has 0 aliphatic rings. The molecule has 3 atom stereocenters. The average Bonchev–Trinajstić information content (AvgIpc) is 2.02. The lowest BCUT2D eigenvalue weighted by molar-refractivity contribution is -0.224. The summed E-state index contributed by atoms with van der Waals surface area (Å²) in [5.74, 6) is 0. The highest BCUT2D eigenvalue weighted by molar-refractivity contribution is 5.56. The van der Waals surface area contributed by atoms with E-state index in [2.05, 4.69) is 4.74 Å². The van der Waals surface area contributed by atoms with Crippen LogP contribution in [0.2, 0.25) is 0 Å². The number of aliphatic hydroxyl groups is 3. The number of rotatable bonds is 5. The number of carbonyl (C=O) groups is 2. The highest BCUT2D eigenvalue weighted by Gasteiger charge is 2.18. The van der Waals surface area contributed by atoms with Crippen molar-refractivity contribution in [1.29, 1.82) is 0 Å². The van der Waals surface area contributed by atoms with E-state index in [1.54, 1.807) is 0 Å². The van der Waals surface area contributed by atoms with Gasteiger partial charge in [-0.05, 0) is 0 Å². The Bertz CT molecular complexity index is 135. The third kappa shape index (κ3) is 3.79. The molecule has 0 aromatic rings. The zero-order valence-electron chi connectivity index (χ0n) is 5.45. The first-order chi connectivity index (χ1) is 5.11. The van der Waals surface area contributed by atoms with E-state index in [1.807, 2.05) is 0 Å². The van der Waals surface area contributed by atoms with Gasteiger partial charge in [-0.15, -0.1) is 0 Å². The van der Waals surface area contributed by atoms with Crippen molar-refractivity contribution in [3.05, 3.63) is 0 Å². The van der Waals surface area contributed by atoms with E-state index < -0.39 is 18.7 Å². The fourth-order valence-corrected chi connectivity index (χ4v) is 0.323. The van der Waals surface area contributed by atoms with Crippen LogP contribution in [0.15, 0.2) is 0 Å². The molecule has 3 unspecified atom stereocenters. The first kappa shape index (κ1) is 10.2. The number of hydrogen-bond acceptors (Lipinski definition) is 6. The minimum Gasteiger partial charge on any atom is -0.380 e. The molecule has 0 saturated carbocycles. The molecule has 0 spiro atoms. The molecule has 0 bridgehead atoms. The molecule has 0 aliphatic carbocycles. The number of carbonyl (C=O) groups excluding carboxylic acids is 2. The van der Waals surface area contributed by atoms with E-state index in [0.29, 0.717) is 0 Å². The van der Waals surface area contributed by atoms with Crippen LogP contribution in [0.3, 0.4) is 0 Å². The minimum absolute atomic E-state index is 0.000737. The van der Waals surface area contributed by atoms with Gasteiger partial charge in [-0.3, -0.25) is 4.79 Å². The van der Waals surface area contributed by atoms with Gasteiger partial charge < -0.3 is 24.9 Å². The van der Waals surface area contributed by atoms with Gasteiger partial charge in [0.15, 0.2) is 25.0 Å². The fourth-order valence-electron chi connectivity index (χ4n) is 0.323. The topological polar surface area (TPSA) is 104 Å². The zero-order valence-corrected chi connectivity index (χ0v) is 5.45. The number of hydrogen-bond donors (Lipinski definition) is 3. The van der Waals surface area contributed by atoms with Crippen LogP contribution in [0, 0.1) is 0 Å². The first-order valence-electron chi connectivity index (χ1n) is 2.72. The zero-order chi connectivity index (χ0) is 8.85. The molecule has 6 heteroatoms. The fraction of sp³-hybridized carbons (Fsp3) is 0.600. The molecule has 6 nitrogen and oxygen atoms in total. The van der Waals surface area contributed by atoms with Gasteiger partial charge in [0.2, 0.25) is 6.29 Å². The summed E-state index contributed by atoms with van der Waals surface area (Å²) >= 11 is 0. The van der Waals surface area contributed by atoms with Crippen LogP contribution in [0.5, 0.6) is 0 Å². The summed E-state index contributed by atoms with van der Waals surface area (Å²) in [4.78, 5) is 19.5.